The number of ether oxygens (including phenoxy) is 1. The Balaban J connectivity index is 1.88. The molecule has 24 heavy (non-hydrogen) atoms. The molecule has 2 N–H and O–H groups in total. The molecule has 0 unspecified atom stereocenters. The van der Waals surface area contributed by atoms with Crippen LogP contribution in [-0.2, 0) is 0 Å². The highest BCUT2D eigenvalue weighted by Crippen LogP contribution is 2.31. The smallest absolute Gasteiger partial charge is 0.165 e. The zero-order valence-corrected chi connectivity index (χ0v) is 13.2. The second-order valence-electron chi connectivity index (χ2n) is 5.45. The topological polar surface area (TPSA) is 65.4 Å². The minimum Gasteiger partial charge on any atom is -0.497 e. The predicted molar refractivity (Wildman–Crippen MR) is 94.8 cm³/mol. The molecule has 2 aromatic heterocycles. The Morgan fingerprint density at radius 1 is 0.917 bits per heavy atom. The number of fused-ring (bicyclic) bond motifs is 1. The van der Waals surface area contributed by atoms with E-state index >= 15 is 0 Å². The van der Waals surface area contributed by atoms with Crippen LogP contribution in [0, 0.1) is 0 Å². The second-order valence-corrected chi connectivity index (χ2v) is 5.45. The van der Waals surface area contributed by atoms with Crippen molar-refractivity contribution in [3.05, 3.63) is 67.0 Å². The summed E-state index contributed by atoms with van der Waals surface area (Å²) in [4.78, 5) is 4.59. The molecule has 0 atom stereocenters. The minimum atomic E-state index is 0.570. The summed E-state index contributed by atoms with van der Waals surface area (Å²) in [6, 6.07) is 17.7. The summed E-state index contributed by atoms with van der Waals surface area (Å²) in [5.74, 6) is 1.36. The molecule has 0 fully saturated rings. The van der Waals surface area contributed by atoms with E-state index in [1.807, 2.05) is 54.6 Å². The van der Waals surface area contributed by atoms with Gasteiger partial charge in [-0.2, -0.15) is 9.61 Å². The van der Waals surface area contributed by atoms with Crippen molar-refractivity contribution in [1.29, 1.82) is 0 Å². The first-order chi connectivity index (χ1) is 11.8. The number of nitrogens with zero attached hydrogens (tertiary/aromatic N) is 3. The number of benzene rings is 2. The fourth-order valence-corrected chi connectivity index (χ4v) is 2.78. The van der Waals surface area contributed by atoms with Crippen LogP contribution < -0.4 is 10.5 Å². The third kappa shape index (κ3) is 2.27. The molecule has 118 valence electrons. The Kier molecular flexibility index (Phi) is 3.39. The van der Waals surface area contributed by atoms with Gasteiger partial charge in [-0.15, -0.1) is 0 Å². The number of rotatable bonds is 3. The van der Waals surface area contributed by atoms with Crippen molar-refractivity contribution in [2.75, 3.05) is 12.8 Å². The predicted octanol–water partition coefficient (Wildman–Crippen LogP) is 3.65. The van der Waals surface area contributed by atoms with Crippen LogP contribution in [0.4, 0.5) is 5.82 Å². The van der Waals surface area contributed by atoms with Crippen molar-refractivity contribution in [1.82, 2.24) is 14.6 Å². The van der Waals surface area contributed by atoms with E-state index in [-0.39, 0.29) is 0 Å². The monoisotopic (exact) mass is 316 g/mol. The van der Waals surface area contributed by atoms with Crippen molar-refractivity contribution in [2.24, 2.45) is 0 Å². The summed E-state index contributed by atoms with van der Waals surface area (Å²) >= 11 is 0. The molecule has 0 bridgehead atoms. The number of methoxy groups -OCH3 is 1. The summed E-state index contributed by atoms with van der Waals surface area (Å²) < 4.78 is 6.97. The van der Waals surface area contributed by atoms with E-state index in [9.17, 15) is 0 Å². The maximum Gasteiger partial charge on any atom is 0.165 e. The average molecular weight is 316 g/mol. The lowest BCUT2D eigenvalue weighted by Gasteiger charge is -2.08. The van der Waals surface area contributed by atoms with E-state index in [4.69, 9.17) is 10.5 Å². The van der Waals surface area contributed by atoms with E-state index in [0.29, 0.717) is 5.82 Å². The molecule has 0 saturated heterocycles. The largest absolute Gasteiger partial charge is 0.497 e. The lowest BCUT2D eigenvalue weighted by molar-refractivity contribution is 0.415. The Labute approximate surface area is 139 Å². The summed E-state index contributed by atoms with van der Waals surface area (Å²) in [5, 5.41) is 4.42. The van der Waals surface area contributed by atoms with E-state index in [0.717, 1.165) is 33.7 Å². The molecule has 2 heterocycles. The van der Waals surface area contributed by atoms with Crippen LogP contribution in [0.15, 0.2) is 67.0 Å². The molecule has 0 aliphatic carbocycles. The summed E-state index contributed by atoms with van der Waals surface area (Å²) in [6.45, 7) is 0. The molecule has 2 aromatic carbocycles. The van der Waals surface area contributed by atoms with Crippen LogP contribution in [0.3, 0.4) is 0 Å². The van der Waals surface area contributed by atoms with Crippen LogP contribution in [0.5, 0.6) is 5.75 Å². The van der Waals surface area contributed by atoms with Crippen molar-refractivity contribution in [2.45, 2.75) is 0 Å². The third-order valence-corrected chi connectivity index (χ3v) is 4.03. The molecule has 0 amide bonds. The number of hydrogen-bond acceptors (Lipinski definition) is 4. The summed E-state index contributed by atoms with van der Waals surface area (Å²) in [5.41, 5.74) is 10.8. The zero-order chi connectivity index (χ0) is 16.5. The summed E-state index contributed by atoms with van der Waals surface area (Å²) in [7, 11) is 1.65. The highest BCUT2D eigenvalue weighted by Gasteiger charge is 2.13. The van der Waals surface area contributed by atoms with Gasteiger partial charge in [0.05, 0.1) is 13.3 Å². The highest BCUT2D eigenvalue weighted by molar-refractivity contribution is 5.82. The maximum atomic E-state index is 6.33. The molecule has 0 saturated carbocycles. The number of nitrogens with two attached hydrogens (primary N) is 1. The standard InChI is InChI=1S/C19H16N4O/c1-24-15-9-5-8-14(10-15)17-12-22-23-18(20)16(11-21-19(17)23)13-6-3-2-4-7-13/h2-12H,20H2,1H3. The highest BCUT2D eigenvalue weighted by atomic mass is 16.5. The number of aromatic nitrogens is 3. The second kappa shape index (κ2) is 5.70. The van der Waals surface area contributed by atoms with Crippen LogP contribution in [0.2, 0.25) is 0 Å². The minimum absolute atomic E-state index is 0.570. The Bertz CT molecular complexity index is 1010. The zero-order valence-electron chi connectivity index (χ0n) is 13.2. The molecular weight excluding hydrogens is 300 g/mol. The number of hydrogen-bond donors (Lipinski definition) is 1. The van der Waals surface area contributed by atoms with Gasteiger partial charge in [-0.3, -0.25) is 0 Å². The molecule has 4 rings (SSSR count). The van der Waals surface area contributed by atoms with Crippen LogP contribution in [0.25, 0.3) is 27.9 Å². The first-order valence-electron chi connectivity index (χ1n) is 7.60. The van der Waals surface area contributed by atoms with Gasteiger partial charge in [0, 0.05) is 17.3 Å². The Morgan fingerprint density at radius 3 is 2.50 bits per heavy atom. The van der Waals surface area contributed by atoms with Gasteiger partial charge in [0.25, 0.3) is 0 Å². The van der Waals surface area contributed by atoms with Crippen molar-refractivity contribution in [3.8, 4) is 28.0 Å². The maximum absolute atomic E-state index is 6.33. The van der Waals surface area contributed by atoms with Gasteiger partial charge in [-0.05, 0) is 23.3 Å². The van der Waals surface area contributed by atoms with Crippen molar-refractivity contribution >= 4 is 11.5 Å². The number of anilines is 1. The molecule has 0 aliphatic heterocycles. The van der Waals surface area contributed by atoms with Gasteiger partial charge in [-0.25, -0.2) is 4.98 Å². The fourth-order valence-electron chi connectivity index (χ4n) is 2.78. The molecular formula is C19H16N4O. The van der Waals surface area contributed by atoms with Crippen LogP contribution in [-0.4, -0.2) is 21.7 Å². The van der Waals surface area contributed by atoms with Crippen molar-refractivity contribution < 1.29 is 4.74 Å². The third-order valence-electron chi connectivity index (χ3n) is 4.03. The molecule has 5 heteroatoms. The van der Waals surface area contributed by atoms with E-state index in [1.54, 1.807) is 24.0 Å². The van der Waals surface area contributed by atoms with E-state index in [1.165, 1.54) is 0 Å². The molecule has 0 spiro atoms. The molecule has 0 radical (unpaired) electrons. The molecule has 4 aromatic rings. The van der Waals surface area contributed by atoms with Gasteiger partial charge in [0.1, 0.15) is 11.6 Å². The van der Waals surface area contributed by atoms with Gasteiger partial charge in [0.2, 0.25) is 0 Å². The number of nitrogen functional groups attached to an aromatic ring is 1. The average Bonchev–Trinajstić information content (AvgIpc) is 3.08. The van der Waals surface area contributed by atoms with Gasteiger partial charge < -0.3 is 10.5 Å². The van der Waals surface area contributed by atoms with Crippen molar-refractivity contribution in [3.63, 3.8) is 0 Å². The summed E-state index contributed by atoms with van der Waals surface area (Å²) in [6.07, 6.45) is 3.58. The lowest BCUT2D eigenvalue weighted by Crippen LogP contribution is -2.02. The fraction of sp³-hybridized carbons (Fsp3) is 0.0526. The van der Waals surface area contributed by atoms with Crippen LogP contribution >= 0.6 is 0 Å². The Morgan fingerprint density at radius 2 is 1.71 bits per heavy atom. The molecule has 0 aliphatic rings. The van der Waals surface area contributed by atoms with E-state index < -0.39 is 0 Å². The van der Waals surface area contributed by atoms with E-state index in [2.05, 4.69) is 10.1 Å². The lowest BCUT2D eigenvalue weighted by atomic mass is 10.1. The van der Waals surface area contributed by atoms with Crippen LogP contribution in [0.1, 0.15) is 0 Å². The first kappa shape index (κ1) is 14.3. The first-order valence-corrected chi connectivity index (χ1v) is 7.60. The SMILES string of the molecule is COc1cccc(-c2cnn3c(N)c(-c4ccccc4)cnc23)c1. The Hall–Kier alpha value is -3.34. The van der Waals surface area contributed by atoms with Gasteiger partial charge in [0.15, 0.2) is 5.65 Å². The van der Waals surface area contributed by atoms with Gasteiger partial charge in [-0.1, -0.05) is 42.5 Å². The van der Waals surface area contributed by atoms with Gasteiger partial charge >= 0.3 is 0 Å². The normalized spacial score (nSPS) is 10.9. The molecule has 5 nitrogen and oxygen atoms in total. The quantitative estimate of drug-likeness (QED) is 0.626.